The molecule has 0 saturated carbocycles. The fourth-order valence-electron chi connectivity index (χ4n) is 3.63. The summed E-state index contributed by atoms with van der Waals surface area (Å²) in [7, 11) is -7.14. The normalized spacial score (nSPS) is 24.2. The van der Waals surface area contributed by atoms with E-state index in [1.54, 1.807) is 6.08 Å². The molecule has 0 spiro atoms. The Kier molecular flexibility index (Phi) is 9.28. The van der Waals surface area contributed by atoms with E-state index in [9.17, 15) is 18.0 Å². The Balaban J connectivity index is 2.30. The SMILES string of the molecule is C[C@@H](O[Si](C)(C)C(C)(C)C)[C@@]1(C)C(=O)N2C(C(=O)OCC[Si](C)(C)C)=C(/C=C/COS(C)(=O)=O)S[C@@H]21. The smallest absolute Gasteiger partial charge is 0.356 e. The molecule has 0 bridgehead atoms. The van der Waals surface area contributed by atoms with E-state index in [4.69, 9.17) is 13.3 Å². The van der Waals surface area contributed by atoms with Gasteiger partial charge in [-0.2, -0.15) is 8.42 Å². The highest BCUT2D eigenvalue weighted by atomic mass is 32.2. The van der Waals surface area contributed by atoms with Crippen LogP contribution in [0, 0.1) is 5.41 Å². The molecule has 0 unspecified atom stereocenters. The van der Waals surface area contributed by atoms with Crippen molar-refractivity contribution in [2.75, 3.05) is 19.5 Å². The third-order valence-electron chi connectivity index (χ3n) is 7.19. The first kappa shape index (κ1) is 31.3. The number of rotatable bonds is 11. The number of β-lactam (4-membered cyclic amide) rings is 1. The zero-order valence-electron chi connectivity index (χ0n) is 23.6. The lowest BCUT2D eigenvalue weighted by Gasteiger charge is -2.55. The number of ether oxygens (including phenoxy) is 1. The van der Waals surface area contributed by atoms with Gasteiger partial charge in [-0.25, -0.2) is 4.79 Å². The Bertz CT molecular complexity index is 1040. The molecule has 0 aromatic carbocycles. The molecule has 3 atom stereocenters. The van der Waals surface area contributed by atoms with Crippen molar-refractivity contribution in [3.05, 3.63) is 22.8 Å². The Morgan fingerprint density at radius 2 is 1.81 bits per heavy atom. The van der Waals surface area contributed by atoms with Crippen molar-refractivity contribution in [2.45, 2.75) is 89.9 Å². The lowest BCUT2D eigenvalue weighted by atomic mass is 9.75. The van der Waals surface area contributed by atoms with Gasteiger partial charge in [0.25, 0.3) is 10.1 Å². The molecule has 36 heavy (non-hydrogen) atoms. The third kappa shape index (κ3) is 6.93. The minimum atomic E-state index is -3.59. The molecule has 0 aliphatic carbocycles. The Labute approximate surface area is 223 Å². The molecule has 0 N–H and O–H groups in total. The van der Waals surface area contributed by atoms with E-state index in [2.05, 4.69) is 53.5 Å². The van der Waals surface area contributed by atoms with Gasteiger partial charge in [0.1, 0.15) is 16.5 Å². The van der Waals surface area contributed by atoms with Gasteiger partial charge in [-0.1, -0.05) is 58.3 Å². The van der Waals surface area contributed by atoms with Crippen molar-refractivity contribution in [1.29, 1.82) is 0 Å². The zero-order valence-corrected chi connectivity index (χ0v) is 27.2. The summed E-state index contributed by atoms with van der Waals surface area (Å²) in [5.41, 5.74) is -0.610. The largest absolute Gasteiger partial charge is 0.461 e. The van der Waals surface area contributed by atoms with Gasteiger partial charge in [0.2, 0.25) is 5.91 Å². The number of nitrogens with zero attached hydrogens (tertiary/aromatic N) is 1. The van der Waals surface area contributed by atoms with Crippen LogP contribution in [0.5, 0.6) is 0 Å². The average Bonchev–Trinajstić information content (AvgIpc) is 3.04. The molecular formula is C24H43NO7S2Si2. The molecule has 1 saturated heterocycles. The number of hydrogen-bond acceptors (Lipinski definition) is 8. The van der Waals surface area contributed by atoms with Crippen molar-refractivity contribution in [3.63, 3.8) is 0 Å². The predicted octanol–water partition coefficient (Wildman–Crippen LogP) is 4.94. The quantitative estimate of drug-likeness (QED) is 0.147. The van der Waals surface area contributed by atoms with Gasteiger partial charge in [0, 0.05) is 13.0 Å². The number of thioether (sulfide) groups is 1. The molecule has 0 aromatic heterocycles. The Morgan fingerprint density at radius 1 is 1.22 bits per heavy atom. The number of fused-ring (bicyclic) bond motifs is 1. The molecule has 1 fully saturated rings. The van der Waals surface area contributed by atoms with Crippen LogP contribution >= 0.6 is 11.8 Å². The maximum absolute atomic E-state index is 13.6. The molecule has 2 aliphatic heterocycles. The van der Waals surface area contributed by atoms with Crippen LogP contribution in [0.15, 0.2) is 22.8 Å². The summed E-state index contributed by atoms with van der Waals surface area (Å²) in [5.74, 6) is -0.709. The number of hydrogen-bond donors (Lipinski definition) is 0. The molecule has 2 heterocycles. The van der Waals surface area contributed by atoms with Gasteiger partial charge in [-0.15, -0.1) is 0 Å². The summed E-state index contributed by atoms with van der Waals surface area (Å²) < 4.78 is 39.6. The van der Waals surface area contributed by atoms with E-state index >= 15 is 0 Å². The monoisotopic (exact) mass is 577 g/mol. The first-order chi connectivity index (χ1) is 16.1. The summed E-state index contributed by atoms with van der Waals surface area (Å²) in [6.07, 6.45) is 3.80. The van der Waals surface area contributed by atoms with Gasteiger partial charge < -0.3 is 9.16 Å². The molecular weight excluding hydrogens is 535 g/mol. The van der Waals surface area contributed by atoms with Crippen molar-refractivity contribution < 1.29 is 31.4 Å². The van der Waals surface area contributed by atoms with E-state index in [0.717, 1.165) is 12.3 Å². The van der Waals surface area contributed by atoms with Crippen LogP contribution < -0.4 is 0 Å². The van der Waals surface area contributed by atoms with Gasteiger partial charge in [0.15, 0.2) is 8.32 Å². The van der Waals surface area contributed by atoms with Gasteiger partial charge in [-0.3, -0.25) is 13.9 Å². The average molecular weight is 578 g/mol. The maximum Gasteiger partial charge on any atom is 0.356 e. The summed E-state index contributed by atoms with van der Waals surface area (Å²) in [5, 5.41) is -0.330. The minimum Gasteiger partial charge on any atom is -0.461 e. The number of amides is 1. The number of allylic oxidation sites excluding steroid dienone is 1. The van der Waals surface area contributed by atoms with E-state index in [-0.39, 0.29) is 34.7 Å². The van der Waals surface area contributed by atoms with Crippen LogP contribution in [0.4, 0.5) is 0 Å². The second-order valence-electron chi connectivity index (χ2n) is 12.5. The summed E-state index contributed by atoms with van der Waals surface area (Å²) >= 11 is 1.40. The summed E-state index contributed by atoms with van der Waals surface area (Å²) in [6.45, 7) is 21.4. The number of carbonyl (C=O) groups excluding carboxylic acids is 2. The van der Waals surface area contributed by atoms with Crippen molar-refractivity contribution in [1.82, 2.24) is 4.90 Å². The number of carbonyl (C=O) groups is 2. The van der Waals surface area contributed by atoms with Crippen LogP contribution in [0.3, 0.4) is 0 Å². The van der Waals surface area contributed by atoms with Gasteiger partial charge in [-0.05, 0) is 44.1 Å². The fraction of sp³-hybridized carbons (Fsp3) is 0.750. The van der Waals surface area contributed by atoms with E-state index in [1.807, 2.05) is 13.8 Å². The first-order valence-electron chi connectivity index (χ1n) is 12.2. The molecule has 2 aliphatic rings. The zero-order chi connectivity index (χ0) is 27.9. The Morgan fingerprint density at radius 3 is 2.31 bits per heavy atom. The standard InChI is InChI=1S/C24H43NO7S2Si2/c1-17(32-36(10,11)23(2,3)4)24(5)21(27)25-19(20(26)30-15-16-35(7,8)9)18(33-22(24)25)13-12-14-31-34(6,28)29/h12-13,17,22H,14-16H2,1-11H3/b13-12+/t17-,22-,24+/m1/s1. The second kappa shape index (κ2) is 10.7. The van der Waals surface area contributed by atoms with Crippen LogP contribution in [0.25, 0.3) is 0 Å². The van der Waals surface area contributed by atoms with Gasteiger partial charge >= 0.3 is 5.97 Å². The lowest BCUT2D eigenvalue weighted by molar-refractivity contribution is -0.170. The highest BCUT2D eigenvalue weighted by molar-refractivity contribution is 8.04. The number of esters is 1. The topological polar surface area (TPSA) is 99.2 Å². The molecule has 8 nitrogen and oxygen atoms in total. The van der Waals surface area contributed by atoms with E-state index < -0.39 is 37.9 Å². The first-order valence-corrected chi connectivity index (χ1v) is 21.5. The van der Waals surface area contributed by atoms with Crippen LogP contribution in [0.1, 0.15) is 34.6 Å². The van der Waals surface area contributed by atoms with Crippen LogP contribution in [0.2, 0.25) is 43.8 Å². The van der Waals surface area contributed by atoms with E-state index in [0.29, 0.717) is 11.5 Å². The Hall–Kier alpha value is -0.926. The van der Waals surface area contributed by atoms with Crippen LogP contribution in [-0.4, -0.2) is 72.5 Å². The van der Waals surface area contributed by atoms with Crippen molar-refractivity contribution in [3.8, 4) is 0 Å². The lowest BCUT2D eigenvalue weighted by Crippen LogP contribution is -2.69. The highest BCUT2D eigenvalue weighted by Gasteiger charge is 2.66. The van der Waals surface area contributed by atoms with Crippen molar-refractivity contribution >= 4 is 50.1 Å². The highest BCUT2D eigenvalue weighted by Crippen LogP contribution is 2.58. The summed E-state index contributed by atoms with van der Waals surface area (Å²) in [6, 6.07) is 0.818. The molecule has 12 heteroatoms. The molecule has 1 amide bonds. The van der Waals surface area contributed by atoms with Crippen molar-refractivity contribution in [2.24, 2.45) is 5.41 Å². The summed E-state index contributed by atoms with van der Waals surface area (Å²) in [4.78, 5) is 28.8. The minimum absolute atomic E-state index is 0.00990. The molecule has 206 valence electrons. The predicted molar refractivity (Wildman–Crippen MR) is 150 cm³/mol. The maximum atomic E-state index is 13.6. The molecule has 2 rings (SSSR count). The fourth-order valence-corrected chi connectivity index (χ4v) is 7.71. The van der Waals surface area contributed by atoms with E-state index in [1.165, 1.54) is 22.7 Å². The third-order valence-corrected chi connectivity index (χ3v) is 15.5. The second-order valence-corrected chi connectivity index (χ2v) is 25.6. The molecule has 0 radical (unpaired) electrons. The van der Waals surface area contributed by atoms with Crippen LogP contribution in [-0.2, 0) is 33.1 Å². The molecule has 0 aromatic rings. The van der Waals surface area contributed by atoms with Gasteiger partial charge in [0.05, 0.1) is 25.6 Å².